The average Bonchev–Trinajstić information content (AvgIpc) is 2.71. The molecule has 0 fully saturated rings. The van der Waals surface area contributed by atoms with Gasteiger partial charge in [0.2, 0.25) is 0 Å². The fraction of sp³-hybridized carbons (Fsp3) is 0.0417. The maximum Gasteiger partial charge on any atom is 0.346 e. The van der Waals surface area contributed by atoms with Crippen LogP contribution in [-0.2, 0) is 4.57 Å². The van der Waals surface area contributed by atoms with Crippen molar-refractivity contribution < 1.29 is 14.4 Å². The number of allylic oxidation sites excluding steroid dienone is 1. The Morgan fingerprint density at radius 3 is 1.97 bits per heavy atom. The molecule has 140 valence electrons. The maximum absolute atomic E-state index is 11.5. The minimum absolute atomic E-state index is 0.825. The van der Waals surface area contributed by atoms with Crippen LogP contribution in [0.2, 0.25) is 0 Å². The van der Waals surface area contributed by atoms with Gasteiger partial charge in [-0.3, -0.25) is 4.57 Å². The maximum atomic E-state index is 11.5. The number of nitriles is 1. The van der Waals surface area contributed by atoms with Crippen molar-refractivity contribution in [2.45, 2.75) is 5.66 Å². The molecule has 0 amide bonds. The Balaban J connectivity index is 1.86. The van der Waals surface area contributed by atoms with Crippen LogP contribution in [0.1, 0.15) is 5.56 Å². The van der Waals surface area contributed by atoms with Gasteiger partial charge in [0.1, 0.15) is 0 Å². The molecular formula is C24H16NO3P. The van der Waals surface area contributed by atoms with E-state index in [1.54, 1.807) is 12.1 Å². The molecule has 0 heterocycles. The van der Waals surface area contributed by atoms with Crippen molar-refractivity contribution >= 4 is 56.8 Å². The van der Waals surface area contributed by atoms with Crippen molar-refractivity contribution in [2.75, 3.05) is 0 Å². The molecule has 0 radical (unpaired) electrons. The lowest BCUT2D eigenvalue weighted by Gasteiger charge is -2.15. The van der Waals surface area contributed by atoms with Crippen LogP contribution in [-0.4, -0.2) is 15.4 Å². The number of benzene rings is 5. The zero-order valence-electron chi connectivity index (χ0n) is 15.3. The lowest BCUT2D eigenvalue weighted by molar-refractivity contribution is 0.371. The zero-order valence-corrected chi connectivity index (χ0v) is 16.2. The van der Waals surface area contributed by atoms with Gasteiger partial charge in [-0.2, -0.15) is 5.26 Å². The fourth-order valence-electron chi connectivity index (χ4n) is 4.24. The Morgan fingerprint density at radius 2 is 1.34 bits per heavy atom. The molecule has 1 atom stereocenters. The fourth-order valence-corrected chi connectivity index (χ4v) is 4.70. The molecular weight excluding hydrogens is 381 g/mol. The van der Waals surface area contributed by atoms with E-state index < -0.39 is 13.3 Å². The molecule has 0 aliphatic carbocycles. The predicted octanol–water partition coefficient (Wildman–Crippen LogP) is 5.82. The van der Waals surface area contributed by atoms with Crippen molar-refractivity contribution in [3.8, 4) is 6.07 Å². The van der Waals surface area contributed by atoms with E-state index in [9.17, 15) is 14.4 Å². The Hall–Kier alpha value is -3.22. The van der Waals surface area contributed by atoms with Crippen molar-refractivity contribution in [2.24, 2.45) is 0 Å². The average molecular weight is 397 g/mol. The molecule has 0 aliphatic rings. The second-order valence-corrected chi connectivity index (χ2v) is 8.90. The highest BCUT2D eigenvalue weighted by molar-refractivity contribution is 7.53. The molecule has 5 rings (SSSR count). The number of hydrogen-bond donors (Lipinski definition) is 2. The smallest absolute Gasteiger partial charge is 0.323 e. The Labute approximate surface area is 166 Å². The highest BCUT2D eigenvalue weighted by Crippen LogP contribution is 2.43. The van der Waals surface area contributed by atoms with Gasteiger partial charge < -0.3 is 9.79 Å². The third kappa shape index (κ3) is 2.72. The summed E-state index contributed by atoms with van der Waals surface area (Å²) in [6.45, 7) is 0. The van der Waals surface area contributed by atoms with E-state index in [1.807, 2.05) is 18.2 Å². The first kappa shape index (κ1) is 17.8. The minimum atomic E-state index is -4.51. The second-order valence-electron chi connectivity index (χ2n) is 7.16. The van der Waals surface area contributed by atoms with Gasteiger partial charge in [-0.1, -0.05) is 78.9 Å². The van der Waals surface area contributed by atoms with Gasteiger partial charge in [-0.15, -0.1) is 0 Å². The summed E-state index contributed by atoms with van der Waals surface area (Å²) in [6, 6.07) is 24.4. The topological polar surface area (TPSA) is 81.3 Å². The van der Waals surface area contributed by atoms with Crippen LogP contribution in [0.4, 0.5) is 0 Å². The van der Waals surface area contributed by atoms with Crippen LogP contribution >= 0.6 is 7.60 Å². The van der Waals surface area contributed by atoms with Gasteiger partial charge in [0.25, 0.3) is 0 Å². The molecule has 5 heteroatoms. The number of fused-ring (bicyclic) bond motifs is 2. The monoisotopic (exact) mass is 397 g/mol. The molecule has 0 saturated heterocycles. The molecule has 0 saturated carbocycles. The lowest BCUT2D eigenvalue weighted by atomic mass is 9.88. The zero-order chi connectivity index (χ0) is 20.2. The van der Waals surface area contributed by atoms with E-state index in [0.717, 1.165) is 27.1 Å². The lowest BCUT2D eigenvalue weighted by Crippen LogP contribution is -2.00. The summed E-state index contributed by atoms with van der Waals surface area (Å²) in [4.78, 5) is 18.7. The highest BCUT2D eigenvalue weighted by Gasteiger charge is 2.25. The molecule has 5 aromatic rings. The normalized spacial score (nSPS) is 13.7. The van der Waals surface area contributed by atoms with Crippen molar-refractivity contribution in [3.05, 3.63) is 78.4 Å². The summed E-state index contributed by atoms with van der Waals surface area (Å²) in [7, 11) is -4.51. The van der Waals surface area contributed by atoms with Crippen LogP contribution < -0.4 is 0 Å². The van der Waals surface area contributed by atoms with E-state index in [1.165, 1.54) is 27.6 Å². The van der Waals surface area contributed by atoms with Crippen LogP contribution in [0.5, 0.6) is 0 Å². The molecule has 5 aromatic carbocycles. The SMILES string of the molecule is N#CC(/C=C/c1ccc2c3cccc4cccc(c5cccc1c52)c43)P(=O)(O)O. The predicted molar refractivity (Wildman–Crippen MR) is 118 cm³/mol. The van der Waals surface area contributed by atoms with Crippen molar-refractivity contribution in [1.29, 1.82) is 5.26 Å². The molecule has 0 bridgehead atoms. The first-order valence-corrected chi connectivity index (χ1v) is 10.9. The van der Waals surface area contributed by atoms with Crippen molar-refractivity contribution in [3.63, 3.8) is 0 Å². The van der Waals surface area contributed by atoms with Gasteiger partial charge in [-0.05, 0) is 48.7 Å². The number of nitrogens with zero attached hydrogens (tertiary/aromatic N) is 1. The van der Waals surface area contributed by atoms with E-state index in [4.69, 9.17) is 5.26 Å². The Morgan fingerprint density at radius 1 is 0.793 bits per heavy atom. The standard InChI is InChI=1S/C24H16NO3P/c25-14-17(29(26,27)28)12-10-15-11-13-22-20-8-2-5-16-4-1-7-19(23(16)20)21-9-3-6-18(15)24(21)22/h1-13,17H,(H2,26,27,28)/b12-10+. The van der Waals surface area contributed by atoms with Crippen molar-refractivity contribution in [1.82, 2.24) is 0 Å². The summed E-state index contributed by atoms with van der Waals surface area (Å²) < 4.78 is 11.5. The van der Waals surface area contributed by atoms with Crippen LogP contribution in [0.25, 0.3) is 49.2 Å². The molecule has 1 unspecified atom stereocenters. The third-order valence-corrected chi connectivity index (χ3v) is 6.52. The Bertz CT molecular complexity index is 1470. The number of rotatable bonds is 3. The van der Waals surface area contributed by atoms with Crippen LogP contribution in [0.3, 0.4) is 0 Å². The molecule has 0 spiro atoms. The van der Waals surface area contributed by atoms with Gasteiger partial charge in [0, 0.05) is 0 Å². The van der Waals surface area contributed by atoms with E-state index in [2.05, 4.69) is 48.5 Å². The van der Waals surface area contributed by atoms with Crippen LogP contribution in [0, 0.1) is 11.3 Å². The molecule has 29 heavy (non-hydrogen) atoms. The molecule has 0 aliphatic heterocycles. The molecule has 0 aromatic heterocycles. The summed E-state index contributed by atoms with van der Waals surface area (Å²) in [5.41, 5.74) is -0.631. The van der Waals surface area contributed by atoms with Gasteiger partial charge in [-0.25, -0.2) is 0 Å². The summed E-state index contributed by atoms with van der Waals surface area (Å²) in [6.07, 6.45) is 2.93. The third-order valence-electron chi connectivity index (χ3n) is 5.51. The van der Waals surface area contributed by atoms with Crippen LogP contribution in [0.15, 0.2) is 72.8 Å². The van der Waals surface area contributed by atoms with Gasteiger partial charge in [0.15, 0.2) is 5.66 Å². The summed E-state index contributed by atoms with van der Waals surface area (Å²) in [5.74, 6) is 0. The molecule has 4 nitrogen and oxygen atoms in total. The summed E-state index contributed by atoms with van der Waals surface area (Å²) >= 11 is 0. The van der Waals surface area contributed by atoms with E-state index in [0.29, 0.717) is 0 Å². The van der Waals surface area contributed by atoms with Gasteiger partial charge >= 0.3 is 7.60 Å². The largest absolute Gasteiger partial charge is 0.346 e. The van der Waals surface area contributed by atoms with E-state index in [-0.39, 0.29) is 0 Å². The van der Waals surface area contributed by atoms with E-state index >= 15 is 0 Å². The quantitative estimate of drug-likeness (QED) is 0.228. The highest BCUT2D eigenvalue weighted by atomic mass is 31.2. The second kappa shape index (κ2) is 6.40. The Kier molecular flexibility index (Phi) is 3.94. The molecule has 2 N–H and O–H groups in total. The summed E-state index contributed by atoms with van der Waals surface area (Å²) in [5, 5.41) is 18.3. The minimum Gasteiger partial charge on any atom is -0.323 e. The van der Waals surface area contributed by atoms with Gasteiger partial charge in [0.05, 0.1) is 6.07 Å². The first-order chi connectivity index (χ1) is 14.0. The number of hydrogen-bond acceptors (Lipinski definition) is 2. The first-order valence-electron chi connectivity index (χ1n) is 9.20.